The van der Waals surface area contributed by atoms with Gasteiger partial charge in [0.05, 0.1) is 18.3 Å². The highest BCUT2D eigenvalue weighted by Gasteiger charge is 2.23. The van der Waals surface area contributed by atoms with Crippen molar-refractivity contribution in [3.8, 4) is 11.1 Å². The van der Waals surface area contributed by atoms with Gasteiger partial charge >= 0.3 is 0 Å². The molecule has 186 valence electrons. The third-order valence-electron chi connectivity index (χ3n) is 6.95. The lowest BCUT2D eigenvalue weighted by molar-refractivity contribution is 0.0599. The van der Waals surface area contributed by atoms with Gasteiger partial charge in [-0.15, -0.1) is 0 Å². The van der Waals surface area contributed by atoms with Crippen molar-refractivity contribution in [3.63, 3.8) is 0 Å². The summed E-state index contributed by atoms with van der Waals surface area (Å²) in [5.41, 5.74) is 3.17. The van der Waals surface area contributed by atoms with E-state index in [1.165, 1.54) is 16.7 Å². The first kappa shape index (κ1) is 23.9. The standard InChI is InChI=1S/C28H28FN3O4/c1-17-26(16-36-31-17)19-3-8-25-20(13-19)9-10-32(28(25)34)15-18-11-21(14-22(29)12-18)27(33)30-23-4-6-24(35-2)7-5-23/h3,8-14,16,23-24H,4-7,15H2,1-2H3,(H,30,33)/t23-,24+. The van der Waals surface area contributed by atoms with Crippen molar-refractivity contribution >= 4 is 16.7 Å². The number of carbonyl (C=O) groups excluding carboxylic acids is 1. The van der Waals surface area contributed by atoms with E-state index >= 15 is 0 Å². The van der Waals surface area contributed by atoms with Crippen LogP contribution in [0.5, 0.6) is 0 Å². The lowest BCUT2D eigenvalue weighted by Gasteiger charge is -2.28. The molecule has 36 heavy (non-hydrogen) atoms. The van der Waals surface area contributed by atoms with Gasteiger partial charge < -0.3 is 19.1 Å². The molecule has 1 N–H and O–H groups in total. The molecule has 1 amide bonds. The summed E-state index contributed by atoms with van der Waals surface area (Å²) in [4.78, 5) is 26.0. The summed E-state index contributed by atoms with van der Waals surface area (Å²) in [6, 6.07) is 11.7. The number of amides is 1. The predicted octanol–water partition coefficient (Wildman–Crippen LogP) is 4.84. The van der Waals surface area contributed by atoms with Crippen LogP contribution in [0.3, 0.4) is 0 Å². The van der Waals surface area contributed by atoms with Crippen molar-refractivity contribution in [1.29, 1.82) is 0 Å². The Balaban J connectivity index is 1.35. The van der Waals surface area contributed by atoms with Crippen molar-refractivity contribution < 1.29 is 18.4 Å². The molecule has 0 unspecified atom stereocenters. The minimum atomic E-state index is -0.511. The molecular weight excluding hydrogens is 461 g/mol. The fourth-order valence-corrected chi connectivity index (χ4v) is 4.93. The zero-order valence-corrected chi connectivity index (χ0v) is 20.3. The summed E-state index contributed by atoms with van der Waals surface area (Å²) in [6.07, 6.45) is 6.95. The van der Waals surface area contributed by atoms with Crippen LogP contribution in [0.15, 0.2) is 64.2 Å². The molecule has 5 rings (SSSR count). The lowest BCUT2D eigenvalue weighted by Crippen LogP contribution is -2.39. The zero-order chi connectivity index (χ0) is 25.2. The highest BCUT2D eigenvalue weighted by Crippen LogP contribution is 2.26. The molecule has 0 radical (unpaired) electrons. The minimum absolute atomic E-state index is 0.0465. The van der Waals surface area contributed by atoms with E-state index in [-0.39, 0.29) is 35.7 Å². The summed E-state index contributed by atoms with van der Waals surface area (Å²) in [5, 5.41) is 8.27. The summed E-state index contributed by atoms with van der Waals surface area (Å²) in [7, 11) is 1.70. The van der Waals surface area contributed by atoms with E-state index in [1.807, 2.05) is 25.1 Å². The van der Waals surface area contributed by atoms with E-state index in [0.29, 0.717) is 10.9 Å². The van der Waals surface area contributed by atoms with E-state index in [1.54, 1.807) is 31.7 Å². The number of fused-ring (bicyclic) bond motifs is 1. The van der Waals surface area contributed by atoms with Gasteiger partial charge in [0.2, 0.25) is 0 Å². The van der Waals surface area contributed by atoms with Crippen LogP contribution in [0.1, 0.15) is 47.3 Å². The smallest absolute Gasteiger partial charge is 0.258 e. The van der Waals surface area contributed by atoms with Crippen LogP contribution < -0.4 is 10.9 Å². The van der Waals surface area contributed by atoms with Crippen molar-refractivity contribution in [1.82, 2.24) is 15.0 Å². The molecule has 2 aromatic heterocycles. The molecule has 1 aliphatic rings. The SMILES string of the molecule is CO[C@H]1CC[C@@H](NC(=O)c2cc(F)cc(Cn3ccc4cc(-c5conc5C)ccc4c3=O)c2)CC1. The fraction of sp³-hybridized carbons (Fsp3) is 0.321. The number of halogens is 1. The van der Waals surface area contributed by atoms with E-state index in [2.05, 4.69) is 10.5 Å². The number of benzene rings is 2. The van der Waals surface area contributed by atoms with Gasteiger partial charge in [0.15, 0.2) is 0 Å². The Kier molecular flexibility index (Phi) is 6.69. The number of methoxy groups -OCH3 is 1. The first-order chi connectivity index (χ1) is 17.4. The summed E-state index contributed by atoms with van der Waals surface area (Å²) in [5.74, 6) is -0.817. The maximum atomic E-state index is 14.4. The average molecular weight is 490 g/mol. The predicted molar refractivity (Wildman–Crippen MR) is 134 cm³/mol. The third-order valence-corrected chi connectivity index (χ3v) is 6.95. The number of ether oxygens (including phenoxy) is 1. The number of nitrogens with one attached hydrogen (secondary N) is 1. The van der Waals surface area contributed by atoms with Crippen molar-refractivity contribution in [3.05, 3.63) is 87.9 Å². The summed E-state index contributed by atoms with van der Waals surface area (Å²) in [6.45, 7) is 2.01. The summed E-state index contributed by atoms with van der Waals surface area (Å²) >= 11 is 0. The van der Waals surface area contributed by atoms with Crippen LogP contribution in [0, 0.1) is 12.7 Å². The van der Waals surface area contributed by atoms with Gasteiger partial charge in [0, 0.05) is 35.9 Å². The second-order valence-corrected chi connectivity index (χ2v) is 9.40. The molecular formula is C28H28FN3O4. The number of pyridine rings is 1. The molecule has 0 atom stereocenters. The molecule has 0 spiro atoms. The topological polar surface area (TPSA) is 86.4 Å². The maximum Gasteiger partial charge on any atom is 0.258 e. The molecule has 0 bridgehead atoms. The van der Waals surface area contributed by atoms with Gasteiger partial charge in [-0.3, -0.25) is 9.59 Å². The highest BCUT2D eigenvalue weighted by atomic mass is 19.1. The Labute approximate surface area is 207 Å². The first-order valence-corrected chi connectivity index (χ1v) is 12.1. The molecule has 7 nitrogen and oxygen atoms in total. The van der Waals surface area contributed by atoms with Crippen molar-refractivity contribution in [2.45, 2.75) is 51.3 Å². The van der Waals surface area contributed by atoms with Gasteiger partial charge in [0.25, 0.3) is 11.5 Å². The zero-order valence-electron chi connectivity index (χ0n) is 20.3. The summed E-state index contributed by atoms with van der Waals surface area (Å²) < 4.78 is 26.4. The molecule has 1 saturated carbocycles. The largest absolute Gasteiger partial charge is 0.381 e. The molecule has 2 aromatic carbocycles. The number of nitrogens with zero attached hydrogens (tertiary/aromatic N) is 2. The highest BCUT2D eigenvalue weighted by molar-refractivity contribution is 5.94. The number of hydrogen-bond acceptors (Lipinski definition) is 5. The molecule has 0 saturated heterocycles. The van der Waals surface area contributed by atoms with Gasteiger partial charge in [0.1, 0.15) is 12.1 Å². The number of aryl methyl sites for hydroxylation is 1. The Bertz CT molecular complexity index is 1470. The monoisotopic (exact) mass is 489 g/mol. The Hall–Kier alpha value is -3.78. The van der Waals surface area contributed by atoms with Crippen LogP contribution in [-0.2, 0) is 11.3 Å². The normalized spacial score (nSPS) is 17.9. The van der Waals surface area contributed by atoms with Crippen LogP contribution >= 0.6 is 0 Å². The molecule has 1 fully saturated rings. The molecule has 8 heteroatoms. The van der Waals surface area contributed by atoms with E-state index < -0.39 is 5.82 Å². The Morgan fingerprint density at radius 1 is 1.17 bits per heavy atom. The van der Waals surface area contributed by atoms with Crippen LogP contribution in [0.4, 0.5) is 4.39 Å². The second kappa shape index (κ2) is 10.1. The fourth-order valence-electron chi connectivity index (χ4n) is 4.93. The molecule has 0 aliphatic heterocycles. The third kappa shape index (κ3) is 4.95. The lowest BCUT2D eigenvalue weighted by atomic mass is 9.92. The van der Waals surface area contributed by atoms with Gasteiger partial charge in [-0.05, 0) is 85.5 Å². The van der Waals surface area contributed by atoms with E-state index in [0.717, 1.165) is 47.9 Å². The van der Waals surface area contributed by atoms with Crippen molar-refractivity contribution in [2.75, 3.05) is 7.11 Å². The quantitative estimate of drug-likeness (QED) is 0.419. The van der Waals surface area contributed by atoms with Crippen LogP contribution in [-0.4, -0.2) is 34.9 Å². The van der Waals surface area contributed by atoms with Gasteiger partial charge in [-0.1, -0.05) is 11.2 Å². The van der Waals surface area contributed by atoms with E-state index in [4.69, 9.17) is 9.26 Å². The molecule has 1 aliphatic carbocycles. The minimum Gasteiger partial charge on any atom is -0.381 e. The second-order valence-electron chi connectivity index (χ2n) is 9.40. The molecule has 2 heterocycles. The van der Waals surface area contributed by atoms with Gasteiger partial charge in [-0.25, -0.2) is 4.39 Å². The number of carbonyl (C=O) groups is 1. The first-order valence-electron chi connectivity index (χ1n) is 12.1. The number of rotatable bonds is 6. The Morgan fingerprint density at radius 3 is 2.69 bits per heavy atom. The van der Waals surface area contributed by atoms with Crippen LogP contribution in [0.25, 0.3) is 21.9 Å². The van der Waals surface area contributed by atoms with E-state index in [9.17, 15) is 14.0 Å². The Morgan fingerprint density at radius 2 is 1.97 bits per heavy atom. The average Bonchev–Trinajstić information content (AvgIpc) is 3.31. The van der Waals surface area contributed by atoms with Gasteiger partial charge in [-0.2, -0.15) is 0 Å². The van der Waals surface area contributed by atoms with Crippen LogP contribution in [0.2, 0.25) is 0 Å². The molecule has 4 aromatic rings. The van der Waals surface area contributed by atoms with Crippen molar-refractivity contribution in [2.24, 2.45) is 0 Å². The number of hydrogen-bond donors (Lipinski definition) is 1. The number of aromatic nitrogens is 2. The maximum absolute atomic E-state index is 14.4.